The number of hydrogen-bond acceptors (Lipinski definition) is 2. The summed E-state index contributed by atoms with van der Waals surface area (Å²) in [5, 5.41) is 19.3. The molecule has 0 atom stereocenters. The Morgan fingerprint density at radius 2 is 0.947 bits per heavy atom. The summed E-state index contributed by atoms with van der Waals surface area (Å²) in [7, 11) is 0. The number of phenols is 2. The SMILES string of the molecule is Oc1ccc(Cl)cc1Cl.Oc1ccc(Cl)cc1Cl.[Ca]. The fourth-order valence-electron chi connectivity index (χ4n) is 0.963. The van der Waals surface area contributed by atoms with E-state index in [1.807, 2.05) is 0 Å². The number of benzene rings is 2. The van der Waals surface area contributed by atoms with E-state index in [0.717, 1.165) is 0 Å². The Hall–Kier alpha value is 0.460. The van der Waals surface area contributed by atoms with Crippen LogP contribution in [0.5, 0.6) is 11.5 Å². The minimum atomic E-state index is 0. The summed E-state index contributed by atoms with van der Waals surface area (Å²) in [5.41, 5.74) is 0. The molecule has 0 aliphatic heterocycles. The third-order valence-corrected chi connectivity index (χ3v) is 2.90. The van der Waals surface area contributed by atoms with Crippen molar-refractivity contribution in [3.63, 3.8) is 0 Å². The molecule has 0 amide bonds. The molecule has 0 saturated carbocycles. The maximum atomic E-state index is 8.85. The van der Waals surface area contributed by atoms with Crippen molar-refractivity contribution in [2.45, 2.75) is 0 Å². The van der Waals surface area contributed by atoms with Gasteiger partial charge in [0.15, 0.2) is 0 Å². The first-order chi connectivity index (χ1) is 8.40. The van der Waals surface area contributed by atoms with E-state index in [0.29, 0.717) is 10.0 Å². The topological polar surface area (TPSA) is 40.5 Å². The molecule has 2 nitrogen and oxygen atoms in total. The molecule has 0 aliphatic rings. The van der Waals surface area contributed by atoms with Gasteiger partial charge in [0.1, 0.15) is 11.5 Å². The number of aromatic hydroxyl groups is 2. The van der Waals surface area contributed by atoms with Crippen LogP contribution in [-0.2, 0) is 0 Å². The first-order valence-corrected chi connectivity index (χ1v) is 6.19. The summed E-state index contributed by atoms with van der Waals surface area (Å²) in [6.07, 6.45) is 0. The summed E-state index contributed by atoms with van der Waals surface area (Å²) in [6, 6.07) is 9.01. The summed E-state index contributed by atoms with van der Waals surface area (Å²) >= 11 is 22.0. The molecule has 0 bridgehead atoms. The van der Waals surface area contributed by atoms with Crippen molar-refractivity contribution in [2.75, 3.05) is 0 Å². The molecule has 2 radical (unpaired) electrons. The second kappa shape index (κ2) is 9.41. The van der Waals surface area contributed by atoms with Gasteiger partial charge in [-0.15, -0.1) is 0 Å². The van der Waals surface area contributed by atoms with Crippen LogP contribution in [0.4, 0.5) is 0 Å². The van der Waals surface area contributed by atoms with Gasteiger partial charge < -0.3 is 10.2 Å². The summed E-state index contributed by atoms with van der Waals surface area (Å²) in [4.78, 5) is 0. The van der Waals surface area contributed by atoms with E-state index in [4.69, 9.17) is 56.6 Å². The van der Waals surface area contributed by atoms with Crippen molar-refractivity contribution in [1.29, 1.82) is 0 Å². The van der Waals surface area contributed by atoms with Crippen LogP contribution in [0.15, 0.2) is 36.4 Å². The Bertz CT molecular complexity index is 500. The molecule has 2 N–H and O–H groups in total. The van der Waals surface area contributed by atoms with Gasteiger partial charge in [0.05, 0.1) is 10.0 Å². The fourth-order valence-corrected chi connectivity index (χ4v) is 1.78. The molecular weight excluding hydrogens is 358 g/mol. The van der Waals surface area contributed by atoms with Crippen molar-refractivity contribution in [1.82, 2.24) is 0 Å². The smallest absolute Gasteiger partial charge is 0.134 e. The summed E-state index contributed by atoms with van der Waals surface area (Å²) < 4.78 is 0. The zero-order valence-electron chi connectivity index (χ0n) is 9.58. The van der Waals surface area contributed by atoms with Gasteiger partial charge in [-0.05, 0) is 36.4 Å². The first kappa shape index (κ1) is 19.5. The Kier molecular flexibility index (Phi) is 9.63. The molecule has 2 aromatic rings. The van der Waals surface area contributed by atoms with Crippen LogP contribution in [0.1, 0.15) is 0 Å². The van der Waals surface area contributed by atoms with Crippen LogP contribution in [-0.4, -0.2) is 48.0 Å². The van der Waals surface area contributed by atoms with Gasteiger partial charge in [0.25, 0.3) is 0 Å². The number of rotatable bonds is 0. The zero-order chi connectivity index (χ0) is 13.7. The van der Waals surface area contributed by atoms with Crippen molar-refractivity contribution in [3.8, 4) is 11.5 Å². The normalized spacial score (nSPS) is 9.05. The molecular formula is C12H8CaCl4O2. The molecule has 0 unspecified atom stereocenters. The Morgan fingerprint density at radius 1 is 0.632 bits per heavy atom. The van der Waals surface area contributed by atoms with Crippen LogP contribution in [0.2, 0.25) is 20.1 Å². The molecule has 0 saturated heterocycles. The molecule has 2 rings (SSSR count). The molecule has 0 fully saturated rings. The number of phenolic OH excluding ortho intramolecular Hbond substituents is 2. The number of halogens is 4. The quantitative estimate of drug-likeness (QED) is 0.643. The van der Waals surface area contributed by atoms with Gasteiger partial charge in [-0.3, -0.25) is 0 Å². The van der Waals surface area contributed by atoms with Crippen molar-refractivity contribution < 1.29 is 10.2 Å². The van der Waals surface area contributed by atoms with Crippen LogP contribution in [0, 0.1) is 0 Å². The van der Waals surface area contributed by atoms with Gasteiger partial charge in [0, 0.05) is 47.8 Å². The van der Waals surface area contributed by atoms with E-state index in [9.17, 15) is 0 Å². The minimum absolute atomic E-state index is 0. The van der Waals surface area contributed by atoms with Gasteiger partial charge >= 0.3 is 0 Å². The average molecular weight is 366 g/mol. The van der Waals surface area contributed by atoms with Crippen LogP contribution in [0.3, 0.4) is 0 Å². The van der Waals surface area contributed by atoms with Crippen LogP contribution >= 0.6 is 46.4 Å². The van der Waals surface area contributed by atoms with Gasteiger partial charge in [0.2, 0.25) is 0 Å². The Labute approximate surface area is 160 Å². The van der Waals surface area contributed by atoms with Gasteiger partial charge in [-0.2, -0.15) is 0 Å². The molecule has 7 heteroatoms. The molecule has 98 valence electrons. The van der Waals surface area contributed by atoms with E-state index in [1.54, 1.807) is 12.1 Å². The van der Waals surface area contributed by atoms with Gasteiger partial charge in [-0.1, -0.05) is 46.4 Å². The molecule has 0 heterocycles. The van der Waals surface area contributed by atoms with E-state index >= 15 is 0 Å². The van der Waals surface area contributed by atoms with E-state index in [-0.39, 0.29) is 59.3 Å². The van der Waals surface area contributed by atoms with Crippen molar-refractivity contribution in [2.24, 2.45) is 0 Å². The Morgan fingerprint density at radius 3 is 1.16 bits per heavy atom. The predicted molar refractivity (Wildman–Crippen MR) is 82.0 cm³/mol. The van der Waals surface area contributed by atoms with E-state index < -0.39 is 0 Å². The van der Waals surface area contributed by atoms with Crippen LogP contribution in [0.25, 0.3) is 0 Å². The summed E-state index contributed by atoms with van der Waals surface area (Å²) in [5.74, 6) is 0.113. The fraction of sp³-hybridized carbons (Fsp3) is 0. The molecule has 19 heavy (non-hydrogen) atoms. The molecule has 0 spiro atoms. The van der Waals surface area contributed by atoms with E-state index in [2.05, 4.69) is 0 Å². The third-order valence-electron chi connectivity index (χ3n) is 1.82. The molecule has 0 aromatic heterocycles. The maximum absolute atomic E-state index is 8.85. The number of hydrogen-bond donors (Lipinski definition) is 2. The minimum Gasteiger partial charge on any atom is -0.506 e. The van der Waals surface area contributed by atoms with E-state index in [1.165, 1.54) is 24.3 Å². The Balaban J connectivity index is 0.000000324. The second-order valence-corrected chi connectivity index (χ2v) is 4.88. The van der Waals surface area contributed by atoms with Crippen LogP contribution < -0.4 is 0 Å². The average Bonchev–Trinajstić information content (AvgIpc) is 2.30. The van der Waals surface area contributed by atoms with Crippen molar-refractivity contribution >= 4 is 84.1 Å². The van der Waals surface area contributed by atoms with Crippen molar-refractivity contribution in [3.05, 3.63) is 56.5 Å². The van der Waals surface area contributed by atoms with Gasteiger partial charge in [-0.25, -0.2) is 0 Å². The molecule has 2 aromatic carbocycles. The predicted octanol–water partition coefficient (Wildman–Crippen LogP) is 5.02. The summed E-state index contributed by atoms with van der Waals surface area (Å²) in [6.45, 7) is 0. The second-order valence-electron chi connectivity index (χ2n) is 3.19. The largest absolute Gasteiger partial charge is 0.506 e. The molecule has 0 aliphatic carbocycles. The monoisotopic (exact) mass is 364 g/mol. The standard InChI is InChI=1S/2C6H4Cl2O.Ca/c2*7-4-1-2-6(9)5(8)3-4;/h2*1-3,9H;. The maximum Gasteiger partial charge on any atom is 0.134 e. The zero-order valence-corrected chi connectivity index (χ0v) is 14.8. The first-order valence-electron chi connectivity index (χ1n) is 4.68. The third kappa shape index (κ3) is 7.14.